The van der Waals surface area contributed by atoms with Gasteiger partial charge >= 0.3 is 5.97 Å². The lowest BCUT2D eigenvalue weighted by Crippen LogP contribution is -2.46. The Bertz CT molecular complexity index is 302. The second kappa shape index (κ2) is 7.84. The SMILES string of the molecule is O=C[C@@H](O)[C@H](O)[C@@H](O)[C@H](O)COCC(=O)C(=O)O. The van der Waals surface area contributed by atoms with Gasteiger partial charge < -0.3 is 35.1 Å². The molecular weight excluding hydrogens is 252 g/mol. The molecular formula is C9H14O9. The van der Waals surface area contributed by atoms with E-state index in [0.29, 0.717) is 0 Å². The van der Waals surface area contributed by atoms with Crippen LogP contribution in [0.2, 0.25) is 0 Å². The van der Waals surface area contributed by atoms with Gasteiger partial charge in [0.1, 0.15) is 31.0 Å². The fourth-order valence-electron chi connectivity index (χ4n) is 0.943. The van der Waals surface area contributed by atoms with Crippen LogP contribution < -0.4 is 0 Å². The highest BCUT2D eigenvalue weighted by Crippen LogP contribution is 2.04. The average molecular weight is 266 g/mol. The van der Waals surface area contributed by atoms with E-state index in [0.717, 1.165) is 0 Å². The molecule has 0 unspecified atom stereocenters. The van der Waals surface area contributed by atoms with E-state index >= 15 is 0 Å². The third-order valence-electron chi connectivity index (χ3n) is 1.99. The van der Waals surface area contributed by atoms with Gasteiger partial charge in [-0.25, -0.2) is 4.79 Å². The third-order valence-corrected chi connectivity index (χ3v) is 1.99. The Hall–Kier alpha value is -1.39. The Balaban J connectivity index is 4.09. The molecule has 0 saturated carbocycles. The number of carboxylic acids is 1. The second-order valence-electron chi connectivity index (χ2n) is 3.42. The maximum absolute atomic E-state index is 10.6. The zero-order valence-electron chi connectivity index (χ0n) is 9.17. The van der Waals surface area contributed by atoms with Crippen molar-refractivity contribution in [2.75, 3.05) is 13.2 Å². The van der Waals surface area contributed by atoms with E-state index < -0.39 is 49.4 Å². The summed E-state index contributed by atoms with van der Waals surface area (Å²) in [6, 6.07) is 0. The molecule has 18 heavy (non-hydrogen) atoms. The average Bonchev–Trinajstić information content (AvgIpc) is 2.35. The molecule has 0 aliphatic heterocycles. The minimum Gasteiger partial charge on any atom is -0.475 e. The molecule has 0 fully saturated rings. The summed E-state index contributed by atoms with van der Waals surface area (Å²) in [6.45, 7) is -1.46. The highest BCUT2D eigenvalue weighted by Gasteiger charge is 2.30. The topological polar surface area (TPSA) is 162 Å². The number of aliphatic hydroxyl groups is 4. The lowest BCUT2D eigenvalue weighted by atomic mass is 10.0. The van der Waals surface area contributed by atoms with Crippen LogP contribution in [0, 0.1) is 0 Å². The fourth-order valence-corrected chi connectivity index (χ4v) is 0.943. The van der Waals surface area contributed by atoms with Gasteiger partial charge in [0.15, 0.2) is 6.29 Å². The molecule has 0 saturated heterocycles. The normalized spacial score (nSPS) is 17.6. The number of carbonyl (C=O) groups is 3. The van der Waals surface area contributed by atoms with Crippen molar-refractivity contribution >= 4 is 18.0 Å². The lowest BCUT2D eigenvalue weighted by molar-refractivity contribution is -0.153. The summed E-state index contributed by atoms with van der Waals surface area (Å²) in [4.78, 5) is 30.8. The quantitative estimate of drug-likeness (QED) is 0.209. The number of Topliss-reactive ketones (excluding diaryl/α,β-unsaturated/α-hetero) is 1. The van der Waals surface area contributed by atoms with Gasteiger partial charge in [-0.1, -0.05) is 0 Å². The van der Waals surface area contributed by atoms with Crippen molar-refractivity contribution in [2.24, 2.45) is 0 Å². The molecule has 0 rings (SSSR count). The Morgan fingerprint density at radius 3 is 2.11 bits per heavy atom. The summed E-state index contributed by atoms with van der Waals surface area (Å²) < 4.78 is 4.48. The van der Waals surface area contributed by atoms with Crippen molar-refractivity contribution in [1.82, 2.24) is 0 Å². The Morgan fingerprint density at radius 1 is 1.11 bits per heavy atom. The number of ketones is 1. The zero-order chi connectivity index (χ0) is 14.3. The van der Waals surface area contributed by atoms with E-state index in [2.05, 4.69) is 4.74 Å². The molecule has 0 aliphatic carbocycles. The predicted molar refractivity (Wildman–Crippen MR) is 53.6 cm³/mol. The van der Waals surface area contributed by atoms with Crippen LogP contribution in [0.25, 0.3) is 0 Å². The molecule has 9 nitrogen and oxygen atoms in total. The molecule has 5 N–H and O–H groups in total. The van der Waals surface area contributed by atoms with Gasteiger partial charge in [-0.15, -0.1) is 0 Å². The second-order valence-corrected chi connectivity index (χ2v) is 3.42. The number of carboxylic acid groups (broad SMARTS) is 1. The first-order valence-electron chi connectivity index (χ1n) is 4.82. The molecule has 0 aromatic carbocycles. The molecule has 104 valence electrons. The number of carbonyl (C=O) groups excluding carboxylic acids is 2. The molecule has 0 heterocycles. The minimum atomic E-state index is -1.92. The minimum absolute atomic E-state index is 0.0323. The Labute approximate surface area is 101 Å². The van der Waals surface area contributed by atoms with Crippen LogP contribution in [-0.4, -0.2) is 81.2 Å². The van der Waals surface area contributed by atoms with Crippen molar-refractivity contribution in [3.05, 3.63) is 0 Å². The van der Waals surface area contributed by atoms with Crippen LogP contribution in [0.1, 0.15) is 0 Å². The molecule has 0 amide bonds. The first-order valence-corrected chi connectivity index (χ1v) is 4.82. The zero-order valence-corrected chi connectivity index (χ0v) is 9.17. The number of aldehydes is 1. The number of hydrogen-bond acceptors (Lipinski definition) is 8. The van der Waals surface area contributed by atoms with Crippen LogP contribution in [0.5, 0.6) is 0 Å². The molecule has 4 atom stereocenters. The highest BCUT2D eigenvalue weighted by molar-refractivity contribution is 6.33. The van der Waals surface area contributed by atoms with Crippen molar-refractivity contribution in [3.8, 4) is 0 Å². The number of ether oxygens (including phenoxy) is 1. The van der Waals surface area contributed by atoms with Crippen LogP contribution in [0.3, 0.4) is 0 Å². The summed E-state index contributed by atoms with van der Waals surface area (Å²) >= 11 is 0. The van der Waals surface area contributed by atoms with Gasteiger partial charge in [0.25, 0.3) is 5.78 Å². The van der Waals surface area contributed by atoms with Crippen molar-refractivity contribution in [1.29, 1.82) is 0 Å². The van der Waals surface area contributed by atoms with E-state index in [4.69, 9.17) is 15.3 Å². The van der Waals surface area contributed by atoms with E-state index in [1.807, 2.05) is 0 Å². The Morgan fingerprint density at radius 2 is 1.67 bits per heavy atom. The third kappa shape index (κ3) is 5.29. The van der Waals surface area contributed by atoms with Gasteiger partial charge in [-0.3, -0.25) is 4.79 Å². The summed E-state index contributed by atoms with van der Waals surface area (Å²) in [7, 11) is 0. The largest absolute Gasteiger partial charge is 0.475 e. The summed E-state index contributed by atoms with van der Waals surface area (Å²) in [5.41, 5.74) is 0. The van der Waals surface area contributed by atoms with E-state index in [-0.39, 0.29) is 6.29 Å². The summed E-state index contributed by atoms with van der Waals surface area (Å²) in [6.07, 6.45) is -7.41. The predicted octanol–water partition coefficient (Wildman–Crippen LogP) is -3.70. The molecule has 9 heteroatoms. The molecule has 0 aliphatic rings. The van der Waals surface area contributed by atoms with Gasteiger partial charge in [0, 0.05) is 0 Å². The van der Waals surface area contributed by atoms with Gasteiger partial charge in [-0.05, 0) is 0 Å². The lowest BCUT2D eigenvalue weighted by Gasteiger charge is -2.23. The maximum atomic E-state index is 10.6. The number of rotatable bonds is 9. The molecule has 0 aromatic rings. The number of aliphatic carboxylic acids is 1. The number of hydrogen-bond donors (Lipinski definition) is 5. The van der Waals surface area contributed by atoms with Crippen molar-refractivity contribution < 1.29 is 44.7 Å². The monoisotopic (exact) mass is 266 g/mol. The van der Waals surface area contributed by atoms with Crippen molar-refractivity contribution in [3.63, 3.8) is 0 Å². The summed E-state index contributed by atoms with van der Waals surface area (Å²) in [5.74, 6) is -2.95. The first-order chi connectivity index (χ1) is 8.31. The summed E-state index contributed by atoms with van der Waals surface area (Å²) in [5, 5.41) is 44.7. The highest BCUT2D eigenvalue weighted by atomic mass is 16.5. The van der Waals surface area contributed by atoms with Gasteiger partial charge in [0.2, 0.25) is 0 Å². The fraction of sp³-hybridized carbons (Fsp3) is 0.667. The molecule has 0 spiro atoms. The van der Waals surface area contributed by atoms with E-state index in [9.17, 15) is 24.6 Å². The first kappa shape index (κ1) is 16.6. The van der Waals surface area contributed by atoms with Crippen LogP contribution in [-0.2, 0) is 19.1 Å². The van der Waals surface area contributed by atoms with Crippen LogP contribution >= 0.6 is 0 Å². The Kier molecular flexibility index (Phi) is 7.24. The van der Waals surface area contributed by atoms with E-state index in [1.165, 1.54) is 0 Å². The molecule has 0 bridgehead atoms. The van der Waals surface area contributed by atoms with Crippen LogP contribution in [0.4, 0.5) is 0 Å². The van der Waals surface area contributed by atoms with Gasteiger partial charge in [-0.2, -0.15) is 0 Å². The van der Waals surface area contributed by atoms with Crippen LogP contribution in [0.15, 0.2) is 0 Å². The standard InChI is InChI=1S/C9H14O9/c10-1-4(11)7(14)8(15)5(12)2-18-3-6(13)9(16)17/h1,4-5,7-8,11-12,14-15H,2-3H2,(H,16,17)/t4-,5-,7+,8+/m1/s1. The van der Waals surface area contributed by atoms with Crippen molar-refractivity contribution in [2.45, 2.75) is 24.4 Å². The van der Waals surface area contributed by atoms with Gasteiger partial charge in [0.05, 0.1) is 6.61 Å². The smallest absolute Gasteiger partial charge is 0.374 e. The molecule has 0 radical (unpaired) electrons. The number of aliphatic hydroxyl groups excluding tert-OH is 4. The van der Waals surface area contributed by atoms with E-state index in [1.54, 1.807) is 0 Å². The maximum Gasteiger partial charge on any atom is 0.374 e. The molecule has 0 aromatic heterocycles.